The maximum atomic E-state index is 13.1. The van der Waals surface area contributed by atoms with Crippen LogP contribution in [-0.4, -0.2) is 41.6 Å². The predicted octanol–water partition coefficient (Wildman–Crippen LogP) is 5.10. The Balaban J connectivity index is 1.33. The Kier molecular flexibility index (Phi) is 6.51. The van der Waals surface area contributed by atoms with Gasteiger partial charge in [-0.15, -0.1) is 0 Å². The van der Waals surface area contributed by atoms with Crippen LogP contribution in [0.4, 0.5) is 0 Å². The molecular weight excluding hydrogens is 390 g/mol. The normalized spacial score (nSPS) is 14.5. The lowest BCUT2D eigenvalue weighted by molar-refractivity contribution is -0.137. The molecule has 1 aliphatic rings. The van der Waals surface area contributed by atoms with E-state index in [2.05, 4.69) is 12.1 Å². The van der Waals surface area contributed by atoms with Gasteiger partial charge in [-0.3, -0.25) is 9.59 Å². The highest BCUT2D eigenvalue weighted by Gasteiger charge is 2.25. The van der Waals surface area contributed by atoms with E-state index in [1.807, 2.05) is 59.5 Å². The topological polar surface area (TPSA) is 66.8 Å². The largest absolute Gasteiger partial charge is 0.494 e. The summed E-state index contributed by atoms with van der Waals surface area (Å²) < 4.78 is 5.62. The van der Waals surface area contributed by atoms with Crippen molar-refractivity contribution in [2.75, 3.05) is 19.7 Å². The smallest absolute Gasteiger partial charge is 0.303 e. The first-order valence-corrected chi connectivity index (χ1v) is 10.8. The van der Waals surface area contributed by atoms with Crippen LogP contribution in [0.2, 0.25) is 0 Å². The second-order valence-electron chi connectivity index (χ2n) is 8.01. The second kappa shape index (κ2) is 9.65. The number of carbonyl (C=O) groups is 2. The zero-order valence-electron chi connectivity index (χ0n) is 17.5. The fourth-order valence-corrected chi connectivity index (χ4v) is 4.25. The summed E-state index contributed by atoms with van der Waals surface area (Å²) in [7, 11) is 0. The molecule has 0 aromatic heterocycles. The summed E-state index contributed by atoms with van der Waals surface area (Å²) in [6, 6.07) is 22.0. The fraction of sp³-hybridized carbons (Fsp3) is 0.308. The maximum Gasteiger partial charge on any atom is 0.303 e. The van der Waals surface area contributed by atoms with Crippen molar-refractivity contribution < 1.29 is 19.4 Å². The summed E-state index contributed by atoms with van der Waals surface area (Å²) in [5, 5.41) is 10.8. The minimum atomic E-state index is -0.802. The van der Waals surface area contributed by atoms with E-state index in [1.54, 1.807) is 0 Å². The van der Waals surface area contributed by atoms with Crippen molar-refractivity contribution in [3.63, 3.8) is 0 Å². The average molecular weight is 418 g/mol. The quantitative estimate of drug-likeness (QED) is 0.543. The molecule has 3 aromatic carbocycles. The number of nitrogens with zero attached hydrogens (tertiary/aromatic N) is 1. The SMILES string of the molecule is O=C(O)CCCOc1ccc(C2CCN(C(=O)c3cccc4ccccc34)CC2)cc1. The van der Waals surface area contributed by atoms with E-state index in [9.17, 15) is 9.59 Å². The number of aliphatic carboxylic acids is 1. The van der Waals surface area contributed by atoms with E-state index in [-0.39, 0.29) is 12.3 Å². The number of carbonyl (C=O) groups excluding carboxylic acids is 1. The van der Waals surface area contributed by atoms with Gasteiger partial charge in [0.25, 0.3) is 5.91 Å². The van der Waals surface area contributed by atoms with Gasteiger partial charge in [0.15, 0.2) is 0 Å². The lowest BCUT2D eigenvalue weighted by atomic mass is 9.89. The molecule has 1 N–H and O–H groups in total. The third-order valence-electron chi connectivity index (χ3n) is 5.96. The molecule has 0 radical (unpaired) electrons. The van der Waals surface area contributed by atoms with Crippen molar-refractivity contribution >= 4 is 22.6 Å². The van der Waals surface area contributed by atoms with Crippen LogP contribution in [0.15, 0.2) is 66.7 Å². The molecule has 31 heavy (non-hydrogen) atoms. The monoisotopic (exact) mass is 417 g/mol. The van der Waals surface area contributed by atoms with E-state index >= 15 is 0 Å². The molecule has 3 aromatic rings. The van der Waals surface area contributed by atoms with Crippen LogP contribution in [0.1, 0.15) is 47.5 Å². The number of rotatable bonds is 7. The number of likely N-dealkylation sites (tertiary alicyclic amines) is 1. The second-order valence-corrected chi connectivity index (χ2v) is 8.01. The minimum Gasteiger partial charge on any atom is -0.494 e. The molecule has 5 nitrogen and oxygen atoms in total. The number of piperidine rings is 1. The highest BCUT2D eigenvalue weighted by Crippen LogP contribution is 2.30. The van der Waals surface area contributed by atoms with E-state index in [4.69, 9.17) is 9.84 Å². The Bertz CT molecular complexity index is 1050. The highest BCUT2D eigenvalue weighted by molar-refractivity contribution is 6.07. The number of hydrogen-bond donors (Lipinski definition) is 1. The van der Waals surface area contributed by atoms with Gasteiger partial charge >= 0.3 is 5.97 Å². The summed E-state index contributed by atoms with van der Waals surface area (Å²) in [5.74, 6) is 0.500. The first-order chi connectivity index (χ1) is 15.1. The van der Waals surface area contributed by atoms with E-state index in [0.29, 0.717) is 18.9 Å². The molecule has 5 heteroatoms. The molecule has 0 atom stereocenters. The lowest BCUT2D eigenvalue weighted by Crippen LogP contribution is -2.38. The van der Waals surface area contributed by atoms with Crippen LogP contribution in [-0.2, 0) is 4.79 Å². The molecule has 0 spiro atoms. The van der Waals surface area contributed by atoms with Crippen LogP contribution >= 0.6 is 0 Å². The zero-order chi connectivity index (χ0) is 21.6. The molecule has 0 aliphatic carbocycles. The molecule has 0 unspecified atom stereocenters. The van der Waals surface area contributed by atoms with Gasteiger partial charge < -0.3 is 14.7 Å². The first kappa shape index (κ1) is 20.9. The average Bonchev–Trinajstić information content (AvgIpc) is 2.81. The number of fused-ring (bicyclic) bond motifs is 1. The third-order valence-corrected chi connectivity index (χ3v) is 5.96. The highest BCUT2D eigenvalue weighted by atomic mass is 16.5. The van der Waals surface area contributed by atoms with E-state index in [1.165, 1.54) is 5.56 Å². The van der Waals surface area contributed by atoms with Gasteiger partial charge in [-0.05, 0) is 59.7 Å². The Labute approximate surface area is 182 Å². The van der Waals surface area contributed by atoms with Crippen molar-refractivity contribution in [2.45, 2.75) is 31.6 Å². The molecule has 1 fully saturated rings. The molecule has 4 rings (SSSR count). The van der Waals surface area contributed by atoms with Crippen LogP contribution in [0, 0.1) is 0 Å². The molecule has 0 bridgehead atoms. The van der Waals surface area contributed by atoms with Gasteiger partial charge in [-0.25, -0.2) is 0 Å². The van der Waals surface area contributed by atoms with Gasteiger partial charge in [0.2, 0.25) is 0 Å². The van der Waals surface area contributed by atoms with Crippen molar-refractivity contribution in [1.29, 1.82) is 0 Å². The summed E-state index contributed by atoms with van der Waals surface area (Å²) in [6.45, 7) is 1.90. The van der Waals surface area contributed by atoms with Crippen LogP contribution in [0.3, 0.4) is 0 Å². The van der Waals surface area contributed by atoms with Gasteiger partial charge in [-0.1, -0.05) is 48.5 Å². The maximum absolute atomic E-state index is 13.1. The van der Waals surface area contributed by atoms with Gasteiger partial charge in [0.05, 0.1) is 6.61 Å². The van der Waals surface area contributed by atoms with Crippen molar-refractivity contribution in [1.82, 2.24) is 4.90 Å². The number of benzene rings is 3. The Hall–Kier alpha value is -3.34. The molecule has 160 valence electrons. The van der Waals surface area contributed by atoms with Crippen LogP contribution in [0.5, 0.6) is 5.75 Å². The van der Waals surface area contributed by atoms with Crippen LogP contribution in [0.25, 0.3) is 10.8 Å². The Morgan fingerprint density at radius 2 is 1.65 bits per heavy atom. The predicted molar refractivity (Wildman–Crippen MR) is 121 cm³/mol. The fourth-order valence-electron chi connectivity index (χ4n) is 4.25. The number of ether oxygens (including phenoxy) is 1. The van der Waals surface area contributed by atoms with Gasteiger partial charge in [0.1, 0.15) is 5.75 Å². The summed E-state index contributed by atoms with van der Waals surface area (Å²) >= 11 is 0. The Morgan fingerprint density at radius 3 is 2.39 bits per heavy atom. The Morgan fingerprint density at radius 1 is 0.935 bits per heavy atom. The molecular formula is C26H27NO4. The van der Waals surface area contributed by atoms with Crippen LogP contribution < -0.4 is 4.74 Å². The van der Waals surface area contributed by atoms with Gasteiger partial charge in [-0.2, -0.15) is 0 Å². The zero-order valence-corrected chi connectivity index (χ0v) is 17.5. The summed E-state index contributed by atoms with van der Waals surface area (Å²) in [5.41, 5.74) is 2.04. The first-order valence-electron chi connectivity index (χ1n) is 10.8. The summed E-state index contributed by atoms with van der Waals surface area (Å²) in [6.07, 6.45) is 2.50. The van der Waals surface area contributed by atoms with Gasteiger partial charge in [0, 0.05) is 25.1 Å². The molecule has 1 aliphatic heterocycles. The van der Waals surface area contributed by atoms with E-state index < -0.39 is 5.97 Å². The molecule has 0 saturated carbocycles. The van der Waals surface area contributed by atoms with Crippen molar-refractivity contribution in [2.24, 2.45) is 0 Å². The van der Waals surface area contributed by atoms with Crippen molar-refractivity contribution in [3.05, 3.63) is 77.9 Å². The number of amides is 1. The summed E-state index contributed by atoms with van der Waals surface area (Å²) in [4.78, 5) is 25.7. The van der Waals surface area contributed by atoms with Crippen molar-refractivity contribution in [3.8, 4) is 5.75 Å². The lowest BCUT2D eigenvalue weighted by Gasteiger charge is -2.32. The third kappa shape index (κ3) is 5.05. The molecule has 1 amide bonds. The number of hydrogen-bond acceptors (Lipinski definition) is 3. The standard InChI is InChI=1S/C26H27NO4/c28-25(29)9-4-18-31-22-12-10-19(11-13-22)20-14-16-27(17-15-20)26(30)24-8-3-6-21-5-1-2-7-23(21)24/h1-3,5-8,10-13,20H,4,9,14-18H2,(H,28,29). The number of carboxylic acids is 1. The molecule has 1 saturated heterocycles. The van der Waals surface area contributed by atoms with E-state index in [0.717, 1.165) is 48.0 Å². The molecule has 1 heterocycles. The number of carboxylic acid groups (broad SMARTS) is 1. The minimum absolute atomic E-state index is 0.111.